The van der Waals surface area contributed by atoms with E-state index in [0.29, 0.717) is 0 Å². The number of carboxylic acids is 1. The summed E-state index contributed by atoms with van der Waals surface area (Å²) in [5.74, 6) is -1.66. The van der Waals surface area contributed by atoms with Crippen molar-refractivity contribution in [3.8, 4) is 0 Å². The molecule has 0 bridgehead atoms. The van der Waals surface area contributed by atoms with Crippen LogP contribution in [-0.4, -0.2) is 34.6 Å². The standard InChI is InChI=1S/C2H6O5Si.Na.H2O/c3-2(4)1-8(5,6)7;;/h5-7H,1H2,(H,3,4);;1H2/q;+1;/p-1. The Morgan fingerprint density at radius 2 is 1.70 bits per heavy atom. The van der Waals surface area contributed by atoms with Crippen molar-refractivity contribution in [1.82, 2.24) is 0 Å². The van der Waals surface area contributed by atoms with Gasteiger partial charge in [-0.1, -0.05) is 0 Å². The van der Waals surface area contributed by atoms with Crippen LogP contribution in [0.4, 0.5) is 0 Å². The topological polar surface area (TPSA) is 132 Å². The summed E-state index contributed by atoms with van der Waals surface area (Å²) in [5.41, 5.74) is 0. The van der Waals surface area contributed by atoms with E-state index < -0.39 is 20.8 Å². The number of carbonyl (C=O) groups excluding carboxylic acids is 1. The molecule has 0 saturated carbocycles. The van der Waals surface area contributed by atoms with Crippen LogP contribution < -0.4 is 34.7 Å². The van der Waals surface area contributed by atoms with E-state index in [-0.39, 0.29) is 35.0 Å². The minimum Gasteiger partial charge on any atom is -0.550 e. The average Bonchev–Trinajstić information content (AvgIpc) is 1.21. The van der Waals surface area contributed by atoms with Crippen molar-refractivity contribution in [3.63, 3.8) is 0 Å². The van der Waals surface area contributed by atoms with Crippen LogP contribution in [0.3, 0.4) is 0 Å². The Morgan fingerprint density at radius 1 is 1.40 bits per heavy atom. The fourth-order valence-electron chi connectivity index (χ4n) is 0.194. The van der Waals surface area contributed by atoms with E-state index in [9.17, 15) is 9.90 Å². The molecule has 10 heavy (non-hydrogen) atoms. The Morgan fingerprint density at radius 3 is 1.70 bits per heavy atom. The van der Waals surface area contributed by atoms with E-state index in [4.69, 9.17) is 14.4 Å². The van der Waals surface area contributed by atoms with Gasteiger partial charge in [0, 0.05) is 5.97 Å². The zero-order valence-electron chi connectivity index (χ0n) is 5.37. The molecule has 0 saturated heterocycles. The molecule has 0 heterocycles. The molecule has 6 nitrogen and oxygen atoms in total. The van der Waals surface area contributed by atoms with Gasteiger partial charge in [0.1, 0.15) is 0 Å². The summed E-state index contributed by atoms with van der Waals surface area (Å²) in [6, 6.07) is -1.06. The van der Waals surface area contributed by atoms with Crippen molar-refractivity contribution in [3.05, 3.63) is 0 Å². The fraction of sp³-hybridized carbons (Fsp3) is 0.500. The van der Waals surface area contributed by atoms with Gasteiger partial charge >= 0.3 is 38.4 Å². The van der Waals surface area contributed by atoms with Crippen molar-refractivity contribution < 1.29 is 59.3 Å². The molecular formula is C2H7NaO6Si. The molecule has 0 rings (SSSR count). The van der Waals surface area contributed by atoms with E-state index in [1.807, 2.05) is 0 Å². The summed E-state index contributed by atoms with van der Waals surface area (Å²) >= 11 is 0. The van der Waals surface area contributed by atoms with Crippen molar-refractivity contribution in [2.45, 2.75) is 6.04 Å². The third kappa shape index (κ3) is 15.8. The summed E-state index contributed by atoms with van der Waals surface area (Å²) < 4.78 is 0. The van der Waals surface area contributed by atoms with Crippen LogP contribution in [0.25, 0.3) is 0 Å². The summed E-state index contributed by atoms with van der Waals surface area (Å²) in [5, 5.41) is 9.46. The summed E-state index contributed by atoms with van der Waals surface area (Å²) in [7, 11) is -4.38. The Labute approximate surface area is 80.1 Å². The van der Waals surface area contributed by atoms with Gasteiger partial charge in [-0.3, -0.25) is 0 Å². The molecule has 0 radical (unpaired) electrons. The van der Waals surface area contributed by atoms with Gasteiger partial charge < -0.3 is 29.8 Å². The average molecular weight is 178 g/mol. The van der Waals surface area contributed by atoms with Crippen LogP contribution >= 0.6 is 0 Å². The second-order valence-corrected chi connectivity index (χ2v) is 3.23. The first-order chi connectivity index (χ1) is 3.42. The van der Waals surface area contributed by atoms with E-state index in [0.717, 1.165) is 0 Å². The Bertz CT molecular complexity index is 98.4. The monoisotopic (exact) mass is 178 g/mol. The second kappa shape index (κ2) is 6.25. The zero-order chi connectivity index (χ0) is 6.78. The first kappa shape index (κ1) is 16.9. The fourth-order valence-corrected chi connectivity index (χ4v) is 0.581. The molecule has 8 heteroatoms. The van der Waals surface area contributed by atoms with Gasteiger partial charge in [-0.15, -0.1) is 0 Å². The van der Waals surface area contributed by atoms with E-state index >= 15 is 0 Å². The molecular weight excluding hydrogens is 171 g/mol. The zero-order valence-corrected chi connectivity index (χ0v) is 8.37. The maximum atomic E-state index is 9.46. The van der Waals surface area contributed by atoms with Gasteiger partial charge in [-0.2, -0.15) is 0 Å². The minimum atomic E-state index is -4.38. The van der Waals surface area contributed by atoms with Crippen LogP contribution in [0, 0.1) is 0 Å². The molecule has 0 atom stereocenters. The third-order valence-electron chi connectivity index (χ3n) is 0.382. The molecule has 0 aromatic heterocycles. The number of hydrogen-bond acceptors (Lipinski definition) is 5. The summed E-state index contributed by atoms with van der Waals surface area (Å²) in [4.78, 5) is 33.5. The summed E-state index contributed by atoms with van der Waals surface area (Å²) in [6.45, 7) is 0. The Kier molecular flexibility index (Phi) is 10.5. The van der Waals surface area contributed by atoms with Gasteiger partial charge in [0.25, 0.3) is 0 Å². The van der Waals surface area contributed by atoms with Crippen molar-refractivity contribution in [2.24, 2.45) is 0 Å². The largest absolute Gasteiger partial charge is 1.00 e. The van der Waals surface area contributed by atoms with Crippen LogP contribution in [-0.2, 0) is 4.79 Å². The molecule has 0 aliphatic rings. The summed E-state index contributed by atoms with van der Waals surface area (Å²) in [6.07, 6.45) is 0. The van der Waals surface area contributed by atoms with Gasteiger partial charge in [0.15, 0.2) is 0 Å². The van der Waals surface area contributed by atoms with Gasteiger partial charge in [0.05, 0.1) is 6.04 Å². The molecule has 0 aliphatic heterocycles. The molecule has 0 fully saturated rings. The number of rotatable bonds is 2. The Hall–Kier alpha value is 0.527. The van der Waals surface area contributed by atoms with E-state index in [1.165, 1.54) is 0 Å². The predicted octanol–water partition coefficient (Wildman–Crippen LogP) is -7.17. The van der Waals surface area contributed by atoms with Gasteiger partial charge in [-0.05, 0) is 0 Å². The van der Waals surface area contributed by atoms with Crippen molar-refractivity contribution in [2.75, 3.05) is 0 Å². The Balaban J connectivity index is -0.000000245. The van der Waals surface area contributed by atoms with Crippen LogP contribution in [0.5, 0.6) is 0 Å². The van der Waals surface area contributed by atoms with Gasteiger partial charge in [-0.25, -0.2) is 0 Å². The van der Waals surface area contributed by atoms with E-state index in [1.54, 1.807) is 0 Å². The smallest absolute Gasteiger partial charge is 0.550 e. The number of aliphatic carboxylic acids is 1. The SMILES string of the molecule is O.O=C([O-])C[Si](O)(O)O.[Na+]. The van der Waals surface area contributed by atoms with Gasteiger partial charge in [0.2, 0.25) is 0 Å². The van der Waals surface area contributed by atoms with Crippen LogP contribution in [0.2, 0.25) is 6.04 Å². The number of carbonyl (C=O) groups is 1. The molecule has 0 aromatic carbocycles. The van der Waals surface area contributed by atoms with E-state index in [2.05, 4.69) is 0 Å². The molecule has 0 unspecified atom stereocenters. The molecule has 0 aromatic rings. The van der Waals surface area contributed by atoms with Crippen LogP contribution in [0.15, 0.2) is 0 Å². The number of carboxylic acid groups (broad SMARTS) is 1. The van der Waals surface area contributed by atoms with Crippen LogP contribution in [0.1, 0.15) is 0 Å². The maximum absolute atomic E-state index is 9.46. The molecule has 5 N–H and O–H groups in total. The number of hydrogen-bond donors (Lipinski definition) is 3. The first-order valence-electron chi connectivity index (χ1n) is 1.79. The normalized spacial score (nSPS) is 9.10. The first-order valence-corrected chi connectivity index (χ1v) is 3.83. The second-order valence-electron chi connectivity index (χ2n) is 1.32. The molecule has 0 aliphatic carbocycles. The molecule has 56 valence electrons. The molecule has 0 amide bonds. The maximum Gasteiger partial charge on any atom is 1.00 e. The van der Waals surface area contributed by atoms with Crippen molar-refractivity contribution >= 4 is 14.8 Å². The molecule has 0 spiro atoms. The quantitative estimate of drug-likeness (QED) is 0.361. The minimum absolute atomic E-state index is 0. The predicted molar refractivity (Wildman–Crippen MR) is 25.8 cm³/mol. The third-order valence-corrected chi connectivity index (χ3v) is 1.14. The van der Waals surface area contributed by atoms with Crippen molar-refractivity contribution in [1.29, 1.82) is 0 Å².